The highest BCUT2D eigenvalue weighted by molar-refractivity contribution is 5.91. The Morgan fingerprint density at radius 2 is 1.92 bits per heavy atom. The van der Waals surface area contributed by atoms with Crippen LogP contribution in [0.1, 0.15) is 11.1 Å². The molecule has 0 saturated heterocycles. The van der Waals surface area contributed by atoms with Gasteiger partial charge in [-0.05, 0) is 41.5 Å². The van der Waals surface area contributed by atoms with E-state index in [1.54, 1.807) is 36.4 Å². The molecule has 0 fully saturated rings. The number of hydrogen-bond acceptors (Lipinski definition) is 3. The Morgan fingerprint density at radius 1 is 1.17 bits per heavy atom. The zero-order valence-corrected chi connectivity index (χ0v) is 12.9. The minimum atomic E-state index is -0.556. The smallest absolute Gasteiger partial charge is 0.255 e. The fraction of sp³-hybridized carbons (Fsp3) is 0.111. The summed E-state index contributed by atoms with van der Waals surface area (Å²) in [5.74, 6) is -0.653. The van der Waals surface area contributed by atoms with Gasteiger partial charge in [0.05, 0.1) is 0 Å². The van der Waals surface area contributed by atoms with Crippen molar-refractivity contribution in [2.24, 2.45) is 5.73 Å². The molecule has 0 aliphatic carbocycles. The van der Waals surface area contributed by atoms with Crippen molar-refractivity contribution in [2.75, 3.05) is 6.61 Å². The highest BCUT2D eigenvalue weighted by Crippen LogP contribution is 2.13. The highest BCUT2D eigenvalue weighted by atomic mass is 19.1. The minimum Gasteiger partial charge on any atom is -0.484 e. The molecule has 24 heavy (non-hydrogen) atoms. The van der Waals surface area contributed by atoms with E-state index in [0.29, 0.717) is 12.3 Å². The molecule has 2 aromatic carbocycles. The van der Waals surface area contributed by atoms with Gasteiger partial charge in [-0.2, -0.15) is 0 Å². The Kier molecular flexibility index (Phi) is 6.08. The molecular weight excluding hydrogens is 311 g/mol. The quantitative estimate of drug-likeness (QED) is 0.763. The average Bonchev–Trinajstić information content (AvgIpc) is 2.58. The normalized spacial score (nSPS) is 10.5. The third-order valence-corrected chi connectivity index (χ3v) is 3.04. The maximum Gasteiger partial charge on any atom is 0.255 e. The monoisotopic (exact) mass is 328 g/mol. The van der Waals surface area contributed by atoms with Gasteiger partial charge in [-0.15, -0.1) is 0 Å². The molecule has 2 rings (SSSR count). The van der Waals surface area contributed by atoms with Crippen LogP contribution in [0.25, 0.3) is 6.08 Å². The van der Waals surface area contributed by atoms with Crippen molar-refractivity contribution in [3.8, 4) is 5.75 Å². The van der Waals surface area contributed by atoms with Gasteiger partial charge in [0, 0.05) is 12.6 Å². The second-order valence-corrected chi connectivity index (χ2v) is 5.01. The van der Waals surface area contributed by atoms with Crippen LogP contribution in [0.5, 0.6) is 5.75 Å². The van der Waals surface area contributed by atoms with Crippen LogP contribution in [0.2, 0.25) is 0 Å². The van der Waals surface area contributed by atoms with Gasteiger partial charge >= 0.3 is 0 Å². The topological polar surface area (TPSA) is 81.4 Å². The molecule has 0 spiro atoms. The molecule has 0 unspecified atom stereocenters. The average molecular weight is 328 g/mol. The Labute approximate surface area is 138 Å². The van der Waals surface area contributed by atoms with E-state index < -0.39 is 5.91 Å². The van der Waals surface area contributed by atoms with Crippen molar-refractivity contribution in [1.82, 2.24) is 5.32 Å². The fourth-order valence-corrected chi connectivity index (χ4v) is 1.89. The summed E-state index contributed by atoms with van der Waals surface area (Å²) in [4.78, 5) is 22.5. The molecule has 3 N–H and O–H groups in total. The summed E-state index contributed by atoms with van der Waals surface area (Å²) >= 11 is 0. The third kappa shape index (κ3) is 5.92. The van der Waals surface area contributed by atoms with Crippen LogP contribution in [-0.4, -0.2) is 18.4 Å². The van der Waals surface area contributed by atoms with E-state index in [4.69, 9.17) is 10.5 Å². The third-order valence-electron chi connectivity index (χ3n) is 3.04. The Bertz CT molecular complexity index is 742. The van der Waals surface area contributed by atoms with Crippen molar-refractivity contribution in [2.45, 2.75) is 6.54 Å². The molecular formula is C18H17FN2O3. The van der Waals surface area contributed by atoms with E-state index in [1.807, 2.05) is 6.07 Å². The van der Waals surface area contributed by atoms with Gasteiger partial charge in [-0.25, -0.2) is 4.39 Å². The summed E-state index contributed by atoms with van der Waals surface area (Å²) in [7, 11) is 0. The second kappa shape index (κ2) is 8.47. The summed E-state index contributed by atoms with van der Waals surface area (Å²) in [6.45, 7) is 0.108. The molecule has 0 radical (unpaired) electrons. The van der Waals surface area contributed by atoms with Gasteiger partial charge in [-0.1, -0.05) is 24.3 Å². The molecule has 2 aromatic rings. The number of hydrogen-bond donors (Lipinski definition) is 2. The molecule has 2 amide bonds. The summed E-state index contributed by atoms with van der Waals surface area (Å²) in [5, 5.41) is 2.73. The van der Waals surface area contributed by atoms with E-state index in [-0.39, 0.29) is 18.3 Å². The zero-order valence-electron chi connectivity index (χ0n) is 12.9. The summed E-state index contributed by atoms with van der Waals surface area (Å²) < 4.78 is 18.0. The highest BCUT2D eigenvalue weighted by Gasteiger charge is 2.01. The van der Waals surface area contributed by atoms with Crippen LogP contribution < -0.4 is 15.8 Å². The van der Waals surface area contributed by atoms with Gasteiger partial charge in [0.2, 0.25) is 5.91 Å². The Balaban J connectivity index is 1.86. The molecule has 0 saturated carbocycles. The molecule has 0 aliphatic heterocycles. The zero-order chi connectivity index (χ0) is 17.4. The van der Waals surface area contributed by atoms with Gasteiger partial charge in [0.25, 0.3) is 5.91 Å². The number of carbonyl (C=O) groups is 2. The molecule has 5 nitrogen and oxygen atoms in total. The minimum absolute atomic E-state index is 0.198. The first-order chi connectivity index (χ1) is 11.5. The van der Waals surface area contributed by atoms with Gasteiger partial charge in [0.1, 0.15) is 11.6 Å². The maximum atomic E-state index is 12.8. The van der Waals surface area contributed by atoms with Crippen LogP contribution in [0.15, 0.2) is 54.6 Å². The molecule has 0 atom stereocenters. The van der Waals surface area contributed by atoms with E-state index in [2.05, 4.69) is 5.32 Å². The van der Waals surface area contributed by atoms with Crippen molar-refractivity contribution in [1.29, 1.82) is 0 Å². The van der Waals surface area contributed by atoms with E-state index >= 15 is 0 Å². The SMILES string of the molecule is NC(=O)COc1cccc(CNC(=O)/C=C/c2ccc(F)cc2)c1. The van der Waals surface area contributed by atoms with Crippen LogP contribution in [0, 0.1) is 5.82 Å². The number of benzene rings is 2. The van der Waals surface area contributed by atoms with E-state index in [1.165, 1.54) is 18.2 Å². The number of halogens is 1. The van der Waals surface area contributed by atoms with Crippen LogP contribution in [-0.2, 0) is 16.1 Å². The lowest BCUT2D eigenvalue weighted by molar-refractivity contribution is -0.120. The number of nitrogens with two attached hydrogens (primary N) is 1. The van der Waals surface area contributed by atoms with Crippen molar-refractivity contribution in [3.05, 3.63) is 71.6 Å². The van der Waals surface area contributed by atoms with Crippen molar-refractivity contribution >= 4 is 17.9 Å². The first kappa shape index (κ1) is 17.2. The number of ether oxygens (including phenoxy) is 1. The van der Waals surface area contributed by atoms with E-state index in [9.17, 15) is 14.0 Å². The Morgan fingerprint density at radius 3 is 2.62 bits per heavy atom. The lowest BCUT2D eigenvalue weighted by Crippen LogP contribution is -2.21. The van der Waals surface area contributed by atoms with Crippen LogP contribution in [0.3, 0.4) is 0 Å². The Hall–Kier alpha value is -3.15. The number of primary amides is 1. The summed E-state index contributed by atoms with van der Waals surface area (Å²) in [5.41, 5.74) is 6.57. The van der Waals surface area contributed by atoms with Crippen molar-refractivity contribution < 1.29 is 18.7 Å². The molecule has 0 heterocycles. The first-order valence-electron chi connectivity index (χ1n) is 7.24. The predicted molar refractivity (Wildman–Crippen MR) is 88.4 cm³/mol. The van der Waals surface area contributed by atoms with Crippen molar-refractivity contribution in [3.63, 3.8) is 0 Å². The maximum absolute atomic E-state index is 12.8. The predicted octanol–water partition coefficient (Wildman–Crippen LogP) is 2.02. The lowest BCUT2D eigenvalue weighted by atomic mass is 10.2. The van der Waals surface area contributed by atoms with Gasteiger partial charge in [0.15, 0.2) is 6.61 Å². The van der Waals surface area contributed by atoms with Crippen LogP contribution >= 0.6 is 0 Å². The van der Waals surface area contributed by atoms with E-state index in [0.717, 1.165) is 11.1 Å². The lowest BCUT2D eigenvalue weighted by Gasteiger charge is -2.07. The largest absolute Gasteiger partial charge is 0.484 e. The molecule has 6 heteroatoms. The number of amides is 2. The number of rotatable bonds is 7. The number of nitrogens with one attached hydrogen (secondary N) is 1. The van der Waals surface area contributed by atoms with Gasteiger partial charge < -0.3 is 15.8 Å². The van der Waals surface area contributed by atoms with Crippen LogP contribution in [0.4, 0.5) is 4.39 Å². The molecule has 0 aromatic heterocycles. The van der Waals surface area contributed by atoms with Gasteiger partial charge in [-0.3, -0.25) is 9.59 Å². The first-order valence-corrected chi connectivity index (χ1v) is 7.24. The number of carbonyl (C=O) groups excluding carboxylic acids is 2. The fourth-order valence-electron chi connectivity index (χ4n) is 1.89. The molecule has 124 valence electrons. The molecule has 0 bridgehead atoms. The standard InChI is InChI=1S/C18H17FN2O3/c19-15-7-4-13(5-8-15)6-9-18(23)21-11-14-2-1-3-16(10-14)24-12-17(20)22/h1-10H,11-12H2,(H2,20,22)(H,21,23)/b9-6+. The summed E-state index contributed by atoms with van der Waals surface area (Å²) in [6.07, 6.45) is 2.97. The second-order valence-electron chi connectivity index (χ2n) is 5.01. The molecule has 0 aliphatic rings. The summed E-state index contributed by atoms with van der Waals surface area (Å²) in [6, 6.07) is 12.8.